The van der Waals surface area contributed by atoms with Gasteiger partial charge in [-0.3, -0.25) is 4.90 Å². The van der Waals surface area contributed by atoms with E-state index in [0.29, 0.717) is 6.54 Å². The van der Waals surface area contributed by atoms with Crippen LogP contribution in [-0.2, 0) is 19.6 Å². The number of hydrogen-bond acceptors (Lipinski definition) is 7. The molecule has 30 heavy (non-hydrogen) atoms. The second-order valence-corrected chi connectivity index (χ2v) is 7.82. The molecule has 0 radical (unpaired) electrons. The lowest BCUT2D eigenvalue weighted by molar-refractivity contribution is 0.260. The molecule has 7 heteroatoms. The van der Waals surface area contributed by atoms with Gasteiger partial charge in [0.2, 0.25) is 0 Å². The summed E-state index contributed by atoms with van der Waals surface area (Å²) in [6.07, 6.45) is 5.93. The van der Waals surface area contributed by atoms with Gasteiger partial charge in [0.15, 0.2) is 0 Å². The van der Waals surface area contributed by atoms with E-state index in [0.717, 1.165) is 71.3 Å². The molecule has 0 atom stereocenters. The maximum absolute atomic E-state index is 4.25. The molecule has 2 heterocycles. The normalized spacial score (nSPS) is 18.0. The quantitative estimate of drug-likeness (QED) is 0.568. The lowest BCUT2D eigenvalue weighted by Crippen LogP contribution is -2.36. The van der Waals surface area contributed by atoms with Crippen molar-refractivity contribution in [2.24, 2.45) is 0 Å². The molecule has 1 fully saturated rings. The summed E-state index contributed by atoms with van der Waals surface area (Å²) in [5, 5.41) is 14.0. The van der Waals surface area contributed by atoms with Gasteiger partial charge >= 0.3 is 0 Å². The zero-order chi connectivity index (χ0) is 20.7. The first-order valence-electron chi connectivity index (χ1n) is 11.3. The fraction of sp³-hybridized carbons (Fsp3) is 0.565. The molecule has 164 valence electrons. The summed E-state index contributed by atoms with van der Waals surface area (Å²) >= 11 is 0. The number of hydrogen-bond donors (Lipinski definition) is 4. The molecule has 0 bridgehead atoms. The van der Waals surface area contributed by atoms with Crippen molar-refractivity contribution in [2.75, 3.05) is 52.4 Å². The second kappa shape index (κ2) is 14.2. The van der Waals surface area contributed by atoms with Gasteiger partial charge in [0.1, 0.15) is 5.82 Å². The molecular formula is C23H37N7. The molecule has 1 aliphatic heterocycles. The molecule has 3 rings (SSSR count). The molecule has 2 aromatic rings. The highest BCUT2D eigenvalue weighted by Gasteiger charge is 2.07. The van der Waals surface area contributed by atoms with E-state index < -0.39 is 0 Å². The lowest BCUT2D eigenvalue weighted by Gasteiger charge is -2.23. The third-order valence-corrected chi connectivity index (χ3v) is 5.28. The van der Waals surface area contributed by atoms with Gasteiger partial charge in [-0.2, -0.15) is 0 Å². The molecule has 0 spiro atoms. The molecule has 1 saturated heterocycles. The Bertz CT molecular complexity index is 664. The van der Waals surface area contributed by atoms with E-state index in [-0.39, 0.29) is 0 Å². The molecule has 4 N–H and O–H groups in total. The Morgan fingerprint density at radius 2 is 1.40 bits per heavy atom. The molecule has 0 aliphatic carbocycles. The van der Waals surface area contributed by atoms with Crippen LogP contribution in [0.25, 0.3) is 0 Å². The smallest absolute Gasteiger partial charge is 0.141 e. The number of aromatic nitrogens is 2. The van der Waals surface area contributed by atoms with E-state index in [2.05, 4.69) is 60.4 Å². The highest BCUT2D eigenvalue weighted by Crippen LogP contribution is 2.08. The Kier molecular flexibility index (Phi) is 10.8. The first kappa shape index (κ1) is 22.8. The number of rotatable bonds is 6. The maximum Gasteiger partial charge on any atom is 0.141 e. The van der Waals surface area contributed by atoms with Crippen LogP contribution in [0.3, 0.4) is 0 Å². The first-order valence-corrected chi connectivity index (χ1v) is 11.3. The fourth-order valence-electron chi connectivity index (χ4n) is 3.59. The van der Waals surface area contributed by atoms with Gasteiger partial charge in [0.25, 0.3) is 0 Å². The summed E-state index contributed by atoms with van der Waals surface area (Å²) < 4.78 is 0. The zero-order valence-corrected chi connectivity index (χ0v) is 18.1. The zero-order valence-electron chi connectivity index (χ0n) is 18.1. The average molecular weight is 412 g/mol. The van der Waals surface area contributed by atoms with Crippen LogP contribution in [0.5, 0.6) is 0 Å². The second-order valence-electron chi connectivity index (χ2n) is 7.82. The van der Waals surface area contributed by atoms with Crippen molar-refractivity contribution in [3.05, 3.63) is 59.7 Å². The number of nitrogens with one attached hydrogen (secondary N) is 4. The largest absolute Gasteiger partial charge is 0.315 e. The molecule has 0 amide bonds. The summed E-state index contributed by atoms with van der Waals surface area (Å²) in [5.74, 6) is 0.829. The molecule has 0 saturated carbocycles. The van der Waals surface area contributed by atoms with Gasteiger partial charge in [0, 0.05) is 51.7 Å². The highest BCUT2D eigenvalue weighted by molar-refractivity contribution is 5.22. The van der Waals surface area contributed by atoms with Crippen LogP contribution in [0.2, 0.25) is 0 Å². The predicted octanol–water partition coefficient (Wildman–Crippen LogP) is 1.13. The highest BCUT2D eigenvalue weighted by atomic mass is 15.1. The summed E-state index contributed by atoms with van der Waals surface area (Å²) in [5.41, 5.74) is 2.67. The standard InChI is InChI=1S/C23H37N7/c1-8-24-13-14-25-10-3-16-30(17-15-26-9-1)20-22-6-4-21(5-7-22)18-27-19-23-28-11-2-12-29-23/h2,4-7,11-12,24-27H,1,3,8-10,13-20H2. The van der Waals surface area contributed by atoms with E-state index in [1.165, 1.54) is 24.0 Å². The first-order chi connectivity index (χ1) is 14.9. The Morgan fingerprint density at radius 1 is 0.733 bits per heavy atom. The number of benzene rings is 1. The molecule has 1 aliphatic rings. The van der Waals surface area contributed by atoms with Crippen LogP contribution in [0.15, 0.2) is 42.7 Å². The maximum atomic E-state index is 4.25. The summed E-state index contributed by atoms with van der Waals surface area (Å²) in [4.78, 5) is 11.1. The Balaban J connectivity index is 1.42. The summed E-state index contributed by atoms with van der Waals surface area (Å²) in [6.45, 7) is 11.2. The minimum absolute atomic E-state index is 0.688. The van der Waals surface area contributed by atoms with Crippen LogP contribution >= 0.6 is 0 Å². The van der Waals surface area contributed by atoms with E-state index in [4.69, 9.17) is 0 Å². The SMILES string of the molecule is c1cnc(CNCc2ccc(CN3CCCNCCNCCCNCC3)cc2)nc1. The molecule has 7 nitrogen and oxygen atoms in total. The van der Waals surface area contributed by atoms with Crippen molar-refractivity contribution in [3.63, 3.8) is 0 Å². The van der Waals surface area contributed by atoms with Gasteiger partial charge in [-0.05, 0) is 56.2 Å². The van der Waals surface area contributed by atoms with Gasteiger partial charge < -0.3 is 21.3 Å². The van der Waals surface area contributed by atoms with Crippen LogP contribution in [0.1, 0.15) is 29.8 Å². The predicted molar refractivity (Wildman–Crippen MR) is 122 cm³/mol. The minimum Gasteiger partial charge on any atom is -0.315 e. The van der Waals surface area contributed by atoms with Gasteiger partial charge in [-0.25, -0.2) is 9.97 Å². The minimum atomic E-state index is 0.688. The molecule has 1 aromatic heterocycles. The number of nitrogens with zero attached hydrogens (tertiary/aromatic N) is 3. The van der Waals surface area contributed by atoms with Crippen molar-refractivity contribution >= 4 is 0 Å². The van der Waals surface area contributed by atoms with Crippen molar-refractivity contribution in [2.45, 2.75) is 32.5 Å². The molecule has 0 unspecified atom stereocenters. The molecular weight excluding hydrogens is 374 g/mol. The van der Waals surface area contributed by atoms with Crippen molar-refractivity contribution in [3.8, 4) is 0 Å². The van der Waals surface area contributed by atoms with Crippen molar-refractivity contribution < 1.29 is 0 Å². The van der Waals surface area contributed by atoms with Crippen molar-refractivity contribution in [1.82, 2.24) is 36.1 Å². The average Bonchev–Trinajstić information content (AvgIpc) is 2.78. The van der Waals surface area contributed by atoms with E-state index in [9.17, 15) is 0 Å². The van der Waals surface area contributed by atoms with Gasteiger partial charge in [-0.1, -0.05) is 24.3 Å². The third-order valence-electron chi connectivity index (χ3n) is 5.28. The van der Waals surface area contributed by atoms with Crippen LogP contribution in [0, 0.1) is 0 Å². The van der Waals surface area contributed by atoms with E-state index in [1.807, 2.05) is 6.07 Å². The topological polar surface area (TPSA) is 77.1 Å². The summed E-state index contributed by atoms with van der Waals surface area (Å²) in [7, 11) is 0. The Labute approximate surface area is 181 Å². The lowest BCUT2D eigenvalue weighted by atomic mass is 10.1. The van der Waals surface area contributed by atoms with Crippen LogP contribution < -0.4 is 21.3 Å². The third kappa shape index (κ3) is 9.28. The van der Waals surface area contributed by atoms with E-state index in [1.54, 1.807) is 12.4 Å². The van der Waals surface area contributed by atoms with Crippen LogP contribution in [-0.4, -0.2) is 67.2 Å². The van der Waals surface area contributed by atoms with E-state index >= 15 is 0 Å². The van der Waals surface area contributed by atoms with Crippen molar-refractivity contribution in [1.29, 1.82) is 0 Å². The monoisotopic (exact) mass is 411 g/mol. The van der Waals surface area contributed by atoms with Crippen LogP contribution in [0.4, 0.5) is 0 Å². The summed E-state index contributed by atoms with van der Waals surface area (Å²) in [6, 6.07) is 10.8. The van der Waals surface area contributed by atoms with Gasteiger partial charge in [0.05, 0.1) is 6.54 Å². The molecule has 1 aromatic carbocycles. The Morgan fingerprint density at radius 3 is 2.17 bits per heavy atom. The fourth-order valence-corrected chi connectivity index (χ4v) is 3.59. The van der Waals surface area contributed by atoms with Gasteiger partial charge in [-0.15, -0.1) is 0 Å². The Hall–Kier alpha value is -1.90.